The zero-order valence-corrected chi connectivity index (χ0v) is 12.4. The monoisotopic (exact) mass is 244 g/mol. The summed E-state index contributed by atoms with van der Waals surface area (Å²) in [6.45, 7) is 12.7. The molecule has 0 aromatic heterocycles. The molecule has 0 bridgehead atoms. The summed E-state index contributed by atoms with van der Waals surface area (Å²) in [5.41, 5.74) is 1.27. The van der Waals surface area contributed by atoms with Gasteiger partial charge in [0, 0.05) is 25.2 Å². The maximum Gasteiger partial charge on any atom is 0.0202 e. The van der Waals surface area contributed by atoms with Crippen LogP contribution in [-0.2, 0) is 0 Å². The molecule has 0 aliphatic carbocycles. The van der Waals surface area contributed by atoms with Crippen LogP contribution in [0.5, 0.6) is 0 Å². The second kappa shape index (κ2) is 9.08. The van der Waals surface area contributed by atoms with Gasteiger partial charge in [-0.2, -0.15) is 11.8 Å². The van der Waals surface area contributed by atoms with Crippen molar-refractivity contribution >= 4 is 11.8 Å². The van der Waals surface area contributed by atoms with Gasteiger partial charge < -0.3 is 5.32 Å². The van der Waals surface area contributed by atoms with Gasteiger partial charge in [0.25, 0.3) is 0 Å². The average molecular weight is 244 g/mol. The van der Waals surface area contributed by atoms with E-state index >= 15 is 0 Å². The van der Waals surface area contributed by atoms with E-state index in [1.807, 2.05) is 11.8 Å². The molecule has 96 valence electrons. The highest BCUT2D eigenvalue weighted by atomic mass is 32.2. The molecule has 0 saturated carbocycles. The molecule has 0 aromatic rings. The summed E-state index contributed by atoms with van der Waals surface area (Å²) in [6, 6.07) is 1.18. The maximum atomic E-state index is 4.12. The van der Waals surface area contributed by atoms with Crippen LogP contribution >= 0.6 is 11.8 Å². The molecule has 3 heteroatoms. The van der Waals surface area contributed by atoms with Crippen molar-refractivity contribution in [1.29, 1.82) is 0 Å². The molecule has 0 rings (SSSR count). The Morgan fingerprint density at radius 3 is 2.50 bits per heavy atom. The van der Waals surface area contributed by atoms with Crippen LogP contribution < -0.4 is 5.32 Å². The molecule has 1 unspecified atom stereocenters. The second-order valence-corrected chi connectivity index (χ2v) is 5.82. The van der Waals surface area contributed by atoms with Gasteiger partial charge in [0.05, 0.1) is 0 Å². The molecule has 16 heavy (non-hydrogen) atoms. The Bertz CT molecular complexity index is 192. The Labute approximate surface area is 106 Å². The first-order valence-electron chi connectivity index (χ1n) is 6.06. The van der Waals surface area contributed by atoms with Gasteiger partial charge in [-0.1, -0.05) is 20.4 Å². The molecule has 0 aromatic carbocycles. The third-order valence-corrected chi connectivity index (χ3v) is 3.37. The summed E-state index contributed by atoms with van der Waals surface area (Å²) in [5.74, 6) is 1.24. The van der Waals surface area contributed by atoms with Gasteiger partial charge in [-0.05, 0) is 38.0 Å². The Kier molecular flexibility index (Phi) is 9.09. The lowest BCUT2D eigenvalue weighted by Crippen LogP contribution is -2.34. The van der Waals surface area contributed by atoms with Crippen molar-refractivity contribution in [2.75, 3.05) is 32.1 Å². The minimum atomic E-state index is 0.538. The topological polar surface area (TPSA) is 15.3 Å². The highest BCUT2D eigenvalue weighted by Gasteiger charge is 2.09. The van der Waals surface area contributed by atoms with Gasteiger partial charge >= 0.3 is 0 Å². The predicted octanol–water partition coefficient (Wildman–Crippen LogP) is 2.61. The lowest BCUT2D eigenvalue weighted by Gasteiger charge is -2.25. The third kappa shape index (κ3) is 8.20. The number of hydrogen-bond acceptors (Lipinski definition) is 3. The first-order valence-corrected chi connectivity index (χ1v) is 7.46. The van der Waals surface area contributed by atoms with Gasteiger partial charge in [-0.15, -0.1) is 0 Å². The summed E-state index contributed by atoms with van der Waals surface area (Å²) < 4.78 is 0. The first-order chi connectivity index (χ1) is 7.47. The summed E-state index contributed by atoms with van der Waals surface area (Å²) >= 11 is 1.92. The Morgan fingerprint density at radius 2 is 2.00 bits per heavy atom. The van der Waals surface area contributed by atoms with E-state index in [0.29, 0.717) is 12.1 Å². The summed E-state index contributed by atoms with van der Waals surface area (Å²) in [5, 5.41) is 3.40. The van der Waals surface area contributed by atoms with E-state index in [1.54, 1.807) is 0 Å². The van der Waals surface area contributed by atoms with Crippen LogP contribution in [0.25, 0.3) is 0 Å². The lowest BCUT2D eigenvalue weighted by atomic mass is 10.2. The van der Waals surface area contributed by atoms with Gasteiger partial charge in [0.2, 0.25) is 0 Å². The minimum Gasteiger partial charge on any atom is -0.311 e. The smallest absolute Gasteiger partial charge is 0.0202 e. The van der Waals surface area contributed by atoms with Gasteiger partial charge in [0.15, 0.2) is 0 Å². The molecule has 0 heterocycles. The van der Waals surface area contributed by atoms with E-state index in [2.05, 4.69) is 50.9 Å². The molecule has 0 aliphatic rings. The second-order valence-electron chi connectivity index (χ2n) is 4.83. The van der Waals surface area contributed by atoms with Crippen LogP contribution in [0.1, 0.15) is 27.2 Å². The normalized spacial score (nSPS) is 13.4. The molecule has 0 aliphatic heterocycles. The number of nitrogens with zero attached hydrogens (tertiary/aromatic N) is 1. The van der Waals surface area contributed by atoms with E-state index < -0.39 is 0 Å². The minimum absolute atomic E-state index is 0.538. The summed E-state index contributed by atoms with van der Waals surface area (Å²) in [7, 11) is 2.19. The molecular weight excluding hydrogens is 216 g/mol. The number of hydrogen-bond donors (Lipinski definition) is 1. The summed E-state index contributed by atoms with van der Waals surface area (Å²) in [4.78, 5) is 2.39. The molecule has 0 spiro atoms. The van der Waals surface area contributed by atoms with Crippen LogP contribution in [0.3, 0.4) is 0 Å². The van der Waals surface area contributed by atoms with Gasteiger partial charge in [-0.25, -0.2) is 0 Å². The van der Waals surface area contributed by atoms with E-state index in [-0.39, 0.29) is 0 Å². The molecular formula is C13H28N2S. The fourth-order valence-corrected chi connectivity index (χ4v) is 2.00. The van der Waals surface area contributed by atoms with Crippen molar-refractivity contribution in [3.8, 4) is 0 Å². The van der Waals surface area contributed by atoms with Crippen molar-refractivity contribution in [1.82, 2.24) is 10.2 Å². The zero-order valence-electron chi connectivity index (χ0n) is 11.5. The lowest BCUT2D eigenvalue weighted by molar-refractivity contribution is 0.271. The Morgan fingerprint density at radius 1 is 1.38 bits per heavy atom. The quantitative estimate of drug-likeness (QED) is 0.628. The van der Waals surface area contributed by atoms with Crippen molar-refractivity contribution in [2.24, 2.45) is 0 Å². The van der Waals surface area contributed by atoms with Crippen LogP contribution in [0.2, 0.25) is 0 Å². The van der Waals surface area contributed by atoms with E-state index in [9.17, 15) is 0 Å². The Hall–Kier alpha value is 0.0100. The first kappa shape index (κ1) is 16.0. The number of likely N-dealkylation sites (N-methyl/N-ethyl adjacent to an activating group) is 1. The van der Waals surface area contributed by atoms with Crippen molar-refractivity contribution in [2.45, 2.75) is 39.3 Å². The van der Waals surface area contributed by atoms with Crippen LogP contribution in [0.15, 0.2) is 12.2 Å². The highest BCUT2D eigenvalue weighted by molar-refractivity contribution is 7.98. The van der Waals surface area contributed by atoms with Crippen molar-refractivity contribution < 1.29 is 0 Å². The van der Waals surface area contributed by atoms with Crippen molar-refractivity contribution in [3.05, 3.63) is 12.2 Å². The zero-order chi connectivity index (χ0) is 12.6. The fourth-order valence-electron chi connectivity index (χ4n) is 1.42. The maximum absolute atomic E-state index is 4.12. The van der Waals surface area contributed by atoms with Crippen molar-refractivity contribution in [3.63, 3.8) is 0 Å². The highest BCUT2D eigenvalue weighted by Crippen LogP contribution is 2.07. The number of rotatable bonds is 9. The molecule has 2 nitrogen and oxygen atoms in total. The average Bonchev–Trinajstić information content (AvgIpc) is 2.22. The van der Waals surface area contributed by atoms with E-state index in [1.165, 1.54) is 17.7 Å². The van der Waals surface area contributed by atoms with Crippen LogP contribution in [0, 0.1) is 0 Å². The fraction of sp³-hybridized carbons (Fsp3) is 0.846. The molecule has 0 amide bonds. The largest absolute Gasteiger partial charge is 0.311 e. The van der Waals surface area contributed by atoms with E-state index in [0.717, 1.165) is 13.1 Å². The predicted molar refractivity (Wildman–Crippen MR) is 77.4 cm³/mol. The van der Waals surface area contributed by atoms with Crippen LogP contribution in [-0.4, -0.2) is 49.1 Å². The number of thioether (sulfide) groups is 1. The Balaban J connectivity index is 3.75. The SMILES string of the molecule is C=C(CNC(C)C)CN(C)C(C)CCSC. The third-order valence-electron chi connectivity index (χ3n) is 2.73. The molecule has 0 fully saturated rings. The number of nitrogens with one attached hydrogen (secondary N) is 1. The van der Waals surface area contributed by atoms with Gasteiger partial charge in [0.1, 0.15) is 0 Å². The standard InChI is InChI=1S/C13H28N2S/c1-11(2)14-9-12(3)10-15(5)13(4)7-8-16-6/h11,13-14H,3,7-10H2,1-2,4-6H3. The molecule has 0 radical (unpaired) electrons. The molecule has 1 N–H and O–H groups in total. The van der Waals surface area contributed by atoms with Gasteiger partial charge in [-0.3, -0.25) is 4.90 Å². The molecule has 0 saturated heterocycles. The van der Waals surface area contributed by atoms with E-state index in [4.69, 9.17) is 0 Å². The molecule has 1 atom stereocenters. The summed E-state index contributed by atoms with van der Waals surface area (Å²) in [6.07, 6.45) is 3.42. The van der Waals surface area contributed by atoms with Crippen LogP contribution in [0.4, 0.5) is 0 Å².